The van der Waals surface area contributed by atoms with Crippen LogP contribution in [0.15, 0.2) is 11.5 Å². The van der Waals surface area contributed by atoms with Gasteiger partial charge in [0.1, 0.15) is 6.33 Å². The number of hydrogen-bond donors (Lipinski definition) is 0. The highest BCUT2D eigenvalue weighted by molar-refractivity contribution is 7.99. The van der Waals surface area contributed by atoms with Gasteiger partial charge in [0, 0.05) is 19.2 Å². The minimum absolute atomic E-state index is 0.163. The lowest BCUT2D eigenvalue weighted by Gasteiger charge is -1.99. The van der Waals surface area contributed by atoms with Gasteiger partial charge in [-0.05, 0) is 6.42 Å². The van der Waals surface area contributed by atoms with Crippen LogP contribution < -0.4 is 0 Å². The quantitative estimate of drug-likeness (QED) is 0.414. The largest absolute Gasteiger partial charge is 0.469 e. The third kappa shape index (κ3) is 3.37. The highest BCUT2D eigenvalue weighted by atomic mass is 32.2. The van der Waals surface area contributed by atoms with Gasteiger partial charge in [-0.25, -0.2) is 0 Å². The number of aryl methyl sites for hydroxylation is 1. The maximum Gasteiger partial charge on any atom is 0.305 e. The summed E-state index contributed by atoms with van der Waals surface area (Å²) in [5.74, 6) is 0.685. The number of carbonyl (C=O) groups is 1. The van der Waals surface area contributed by atoms with E-state index in [1.165, 1.54) is 7.11 Å². The summed E-state index contributed by atoms with van der Waals surface area (Å²) in [4.78, 5) is 10.8. The Morgan fingerprint density at radius 2 is 2.50 bits per heavy atom. The topological polar surface area (TPSA) is 57.0 Å². The molecule has 6 heteroatoms. The second-order valence-electron chi connectivity index (χ2n) is 2.75. The average molecular weight is 215 g/mol. The van der Waals surface area contributed by atoms with Crippen molar-refractivity contribution in [1.82, 2.24) is 14.8 Å². The van der Waals surface area contributed by atoms with Gasteiger partial charge in [-0.2, -0.15) is 0 Å². The zero-order chi connectivity index (χ0) is 10.4. The molecule has 0 atom stereocenters. The number of hydrogen-bond acceptors (Lipinski definition) is 5. The maximum atomic E-state index is 10.8. The lowest BCUT2D eigenvalue weighted by molar-refractivity contribution is -0.140. The molecule has 0 aromatic carbocycles. The number of esters is 1. The van der Waals surface area contributed by atoms with Crippen LogP contribution in [-0.2, 0) is 16.6 Å². The fourth-order valence-corrected chi connectivity index (χ4v) is 1.71. The Morgan fingerprint density at radius 3 is 3.07 bits per heavy atom. The van der Waals surface area contributed by atoms with Crippen LogP contribution in [0.3, 0.4) is 0 Å². The fourth-order valence-electron chi connectivity index (χ4n) is 0.885. The summed E-state index contributed by atoms with van der Waals surface area (Å²) in [6.45, 7) is 0. The van der Waals surface area contributed by atoms with Gasteiger partial charge in [0.25, 0.3) is 0 Å². The molecule has 78 valence electrons. The highest BCUT2D eigenvalue weighted by Crippen LogP contribution is 2.15. The highest BCUT2D eigenvalue weighted by Gasteiger charge is 2.03. The normalized spacial score (nSPS) is 10.1. The fraction of sp³-hybridized carbons (Fsp3) is 0.625. The Bertz CT molecular complexity index is 301. The monoisotopic (exact) mass is 215 g/mol. The van der Waals surface area contributed by atoms with E-state index >= 15 is 0 Å². The minimum atomic E-state index is -0.163. The molecule has 0 aliphatic heterocycles. The predicted molar refractivity (Wildman–Crippen MR) is 53.0 cm³/mol. The van der Waals surface area contributed by atoms with Crippen LogP contribution in [0.2, 0.25) is 0 Å². The van der Waals surface area contributed by atoms with Crippen LogP contribution in [0.5, 0.6) is 0 Å². The van der Waals surface area contributed by atoms with Gasteiger partial charge >= 0.3 is 5.97 Å². The molecule has 1 heterocycles. The SMILES string of the molecule is COC(=O)CCCSc1nncn1C. The van der Waals surface area contributed by atoms with Gasteiger partial charge in [0.05, 0.1) is 7.11 Å². The van der Waals surface area contributed by atoms with Crippen molar-refractivity contribution in [3.05, 3.63) is 6.33 Å². The van der Waals surface area contributed by atoms with E-state index in [0.717, 1.165) is 17.3 Å². The van der Waals surface area contributed by atoms with Crippen molar-refractivity contribution in [2.75, 3.05) is 12.9 Å². The number of ether oxygens (including phenoxy) is 1. The molecule has 0 unspecified atom stereocenters. The van der Waals surface area contributed by atoms with E-state index < -0.39 is 0 Å². The summed E-state index contributed by atoms with van der Waals surface area (Å²) in [7, 11) is 3.29. The molecular formula is C8H13N3O2S. The van der Waals surface area contributed by atoms with Crippen LogP contribution in [0.1, 0.15) is 12.8 Å². The third-order valence-corrected chi connectivity index (χ3v) is 2.77. The molecule has 0 bridgehead atoms. The van der Waals surface area contributed by atoms with Crippen molar-refractivity contribution in [1.29, 1.82) is 0 Å². The molecule has 1 aromatic heterocycles. The molecule has 0 aliphatic carbocycles. The van der Waals surface area contributed by atoms with Gasteiger partial charge in [-0.1, -0.05) is 11.8 Å². The van der Waals surface area contributed by atoms with Crippen molar-refractivity contribution in [2.24, 2.45) is 7.05 Å². The summed E-state index contributed by atoms with van der Waals surface area (Å²) in [5.41, 5.74) is 0. The van der Waals surface area contributed by atoms with Gasteiger partial charge < -0.3 is 9.30 Å². The molecule has 0 saturated carbocycles. The van der Waals surface area contributed by atoms with Crippen LogP contribution in [0, 0.1) is 0 Å². The smallest absolute Gasteiger partial charge is 0.305 e. The number of carbonyl (C=O) groups excluding carboxylic acids is 1. The van der Waals surface area contributed by atoms with Gasteiger partial charge in [-0.3, -0.25) is 4.79 Å². The second kappa shape index (κ2) is 5.64. The Morgan fingerprint density at radius 1 is 1.71 bits per heavy atom. The molecule has 0 aliphatic rings. The van der Waals surface area contributed by atoms with E-state index in [9.17, 15) is 4.79 Å². The molecule has 0 saturated heterocycles. The van der Waals surface area contributed by atoms with E-state index in [1.54, 1.807) is 18.1 Å². The van der Waals surface area contributed by atoms with E-state index in [1.807, 2.05) is 11.6 Å². The number of rotatable bonds is 5. The third-order valence-electron chi connectivity index (χ3n) is 1.65. The minimum Gasteiger partial charge on any atom is -0.469 e. The van der Waals surface area contributed by atoms with Crippen LogP contribution in [0.25, 0.3) is 0 Å². The number of aromatic nitrogens is 3. The van der Waals surface area contributed by atoms with Crippen molar-refractivity contribution >= 4 is 17.7 Å². The predicted octanol–water partition coefficient (Wildman–Crippen LogP) is 0.860. The van der Waals surface area contributed by atoms with E-state index in [4.69, 9.17) is 0 Å². The standard InChI is InChI=1S/C8H13N3O2S/c1-11-6-9-10-8(11)14-5-3-4-7(12)13-2/h6H,3-5H2,1-2H3. The first-order chi connectivity index (χ1) is 6.74. The Labute approximate surface area is 86.8 Å². The van der Waals surface area contributed by atoms with Crippen molar-refractivity contribution in [3.8, 4) is 0 Å². The summed E-state index contributed by atoms with van der Waals surface area (Å²) in [5, 5.41) is 8.53. The van der Waals surface area contributed by atoms with Crippen LogP contribution in [0.4, 0.5) is 0 Å². The molecule has 0 amide bonds. The molecule has 0 spiro atoms. The van der Waals surface area contributed by atoms with Gasteiger partial charge in [0.15, 0.2) is 5.16 Å². The van der Waals surface area contributed by atoms with Crippen molar-refractivity contribution in [3.63, 3.8) is 0 Å². The molecule has 1 rings (SSSR count). The summed E-state index contributed by atoms with van der Waals surface area (Å²) in [6.07, 6.45) is 2.91. The maximum absolute atomic E-state index is 10.8. The number of thioether (sulfide) groups is 1. The summed E-state index contributed by atoms with van der Waals surface area (Å²) in [6, 6.07) is 0. The lowest BCUT2D eigenvalue weighted by Crippen LogP contribution is -2.00. The summed E-state index contributed by atoms with van der Waals surface area (Å²) >= 11 is 1.59. The van der Waals surface area contributed by atoms with Crippen molar-refractivity contribution < 1.29 is 9.53 Å². The van der Waals surface area contributed by atoms with E-state index in [2.05, 4.69) is 14.9 Å². The molecule has 5 nitrogen and oxygen atoms in total. The first-order valence-electron chi connectivity index (χ1n) is 4.27. The second-order valence-corrected chi connectivity index (χ2v) is 3.81. The molecule has 0 fully saturated rings. The Hall–Kier alpha value is -1.04. The molecule has 1 aromatic rings. The first-order valence-corrected chi connectivity index (χ1v) is 5.26. The Balaban J connectivity index is 2.16. The zero-order valence-electron chi connectivity index (χ0n) is 8.27. The molecule has 14 heavy (non-hydrogen) atoms. The number of nitrogens with zero attached hydrogens (tertiary/aromatic N) is 3. The van der Waals surface area contributed by atoms with E-state index in [0.29, 0.717) is 6.42 Å². The average Bonchev–Trinajstić information content (AvgIpc) is 2.58. The number of methoxy groups -OCH3 is 1. The molecular weight excluding hydrogens is 202 g/mol. The van der Waals surface area contributed by atoms with Gasteiger partial charge in [-0.15, -0.1) is 10.2 Å². The van der Waals surface area contributed by atoms with Gasteiger partial charge in [0.2, 0.25) is 0 Å². The van der Waals surface area contributed by atoms with Crippen molar-refractivity contribution in [2.45, 2.75) is 18.0 Å². The van der Waals surface area contributed by atoms with Crippen LogP contribution >= 0.6 is 11.8 Å². The molecule has 0 N–H and O–H groups in total. The zero-order valence-corrected chi connectivity index (χ0v) is 9.08. The Kier molecular flexibility index (Phi) is 4.45. The molecule has 0 radical (unpaired) electrons. The van der Waals surface area contributed by atoms with Crippen LogP contribution in [-0.4, -0.2) is 33.6 Å². The first kappa shape index (κ1) is 11.0. The van der Waals surface area contributed by atoms with E-state index in [-0.39, 0.29) is 5.97 Å². The summed E-state index contributed by atoms with van der Waals surface area (Å²) < 4.78 is 6.38. The lowest BCUT2D eigenvalue weighted by atomic mass is 10.3.